The Balaban J connectivity index is 1.36. The number of rotatable bonds is 6. The molecule has 1 amide bonds. The van der Waals surface area contributed by atoms with E-state index in [0.29, 0.717) is 24.0 Å². The van der Waals surface area contributed by atoms with E-state index in [9.17, 15) is 9.59 Å². The van der Waals surface area contributed by atoms with Gasteiger partial charge in [0, 0.05) is 29.4 Å². The fourth-order valence-corrected chi connectivity index (χ4v) is 4.55. The van der Waals surface area contributed by atoms with E-state index in [2.05, 4.69) is 25.9 Å². The minimum Gasteiger partial charge on any atom is -0.488 e. The summed E-state index contributed by atoms with van der Waals surface area (Å²) in [7, 11) is 1.39. The number of anilines is 2. The Hall–Kier alpha value is -3.25. The van der Waals surface area contributed by atoms with E-state index in [1.54, 1.807) is 10.9 Å². The lowest BCUT2D eigenvalue weighted by Gasteiger charge is -2.55. The first kappa shape index (κ1) is 19.7. The number of ether oxygens (including phenoxy) is 2. The van der Waals surface area contributed by atoms with Crippen LogP contribution in [0.25, 0.3) is 5.13 Å². The van der Waals surface area contributed by atoms with Crippen LogP contribution >= 0.6 is 11.3 Å². The third-order valence-electron chi connectivity index (χ3n) is 5.76. The number of carbonyl (C=O) groups excluding carboxylic acids is 1. The highest BCUT2D eigenvalue weighted by atomic mass is 32.1. The number of aromatic nitrogens is 4. The van der Waals surface area contributed by atoms with Gasteiger partial charge in [-0.2, -0.15) is 5.10 Å². The largest absolute Gasteiger partial charge is 0.488 e. The topological polar surface area (TPSA) is 133 Å². The van der Waals surface area contributed by atoms with E-state index in [1.807, 2.05) is 13.0 Å². The number of methoxy groups -OCH3 is 1. The maximum atomic E-state index is 12.7. The smallest absolute Gasteiger partial charge is 0.381 e. The maximum Gasteiger partial charge on any atom is 0.381 e. The van der Waals surface area contributed by atoms with Gasteiger partial charge in [0.15, 0.2) is 5.76 Å². The lowest BCUT2D eigenvalue weighted by atomic mass is 9.63. The van der Waals surface area contributed by atoms with E-state index in [-0.39, 0.29) is 28.1 Å². The Kier molecular flexibility index (Phi) is 4.74. The molecule has 162 valence electrons. The molecular weight excluding hydrogens is 424 g/mol. The first-order valence-corrected chi connectivity index (χ1v) is 10.5. The second-order valence-corrected chi connectivity index (χ2v) is 8.62. The first-order chi connectivity index (χ1) is 15.0. The highest BCUT2D eigenvalue weighted by molar-refractivity contribution is 7.17. The molecule has 1 spiro atoms. The molecule has 31 heavy (non-hydrogen) atoms. The van der Waals surface area contributed by atoms with Gasteiger partial charge < -0.3 is 19.2 Å². The van der Waals surface area contributed by atoms with Gasteiger partial charge in [0.05, 0.1) is 26.0 Å². The van der Waals surface area contributed by atoms with Gasteiger partial charge >= 0.3 is 5.63 Å². The number of hydrogen-bond donors (Lipinski definition) is 2. The van der Waals surface area contributed by atoms with Crippen LogP contribution in [-0.4, -0.2) is 52.3 Å². The van der Waals surface area contributed by atoms with Crippen LogP contribution in [0.5, 0.6) is 5.75 Å². The van der Waals surface area contributed by atoms with Crippen molar-refractivity contribution in [2.75, 3.05) is 31.0 Å². The summed E-state index contributed by atoms with van der Waals surface area (Å²) in [6.45, 7) is 3.27. The summed E-state index contributed by atoms with van der Waals surface area (Å²) in [5, 5.41) is 18.9. The van der Waals surface area contributed by atoms with Crippen molar-refractivity contribution in [1.29, 1.82) is 0 Å². The molecule has 2 fully saturated rings. The molecular formula is C19H20N6O5S. The van der Waals surface area contributed by atoms with Gasteiger partial charge in [-0.25, -0.2) is 9.48 Å². The van der Waals surface area contributed by atoms with Crippen LogP contribution in [0.15, 0.2) is 27.5 Å². The van der Waals surface area contributed by atoms with Crippen molar-refractivity contribution < 1.29 is 18.7 Å². The van der Waals surface area contributed by atoms with Crippen molar-refractivity contribution in [3.63, 3.8) is 0 Å². The molecule has 3 aromatic rings. The van der Waals surface area contributed by atoms with Crippen LogP contribution in [-0.2, 0) is 4.74 Å². The zero-order chi connectivity index (χ0) is 21.6. The van der Waals surface area contributed by atoms with Crippen LogP contribution in [0.2, 0.25) is 0 Å². The summed E-state index contributed by atoms with van der Waals surface area (Å²) in [5.74, 6) is -0.734. The monoisotopic (exact) mass is 444 g/mol. The predicted molar refractivity (Wildman–Crippen MR) is 111 cm³/mol. The van der Waals surface area contributed by atoms with E-state index in [4.69, 9.17) is 13.9 Å². The van der Waals surface area contributed by atoms with Crippen LogP contribution in [0, 0.1) is 12.3 Å². The molecule has 1 unspecified atom stereocenters. The minimum atomic E-state index is -0.735. The van der Waals surface area contributed by atoms with Gasteiger partial charge in [-0.05, 0) is 25.8 Å². The van der Waals surface area contributed by atoms with E-state index in [0.717, 1.165) is 29.9 Å². The SMILES string of the molecule is COc1c(NC2CCC23COC3)cc(C(=O)Nc2nnc(-n3nccc3C)s2)oc1=O. The van der Waals surface area contributed by atoms with E-state index >= 15 is 0 Å². The fraction of sp³-hybridized carbons (Fsp3) is 0.421. The lowest BCUT2D eigenvalue weighted by molar-refractivity contribution is -0.163. The third kappa shape index (κ3) is 3.37. The van der Waals surface area contributed by atoms with Gasteiger partial charge in [0.1, 0.15) is 0 Å². The summed E-state index contributed by atoms with van der Waals surface area (Å²) >= 11 is 1.15. The number of hydrogen-bond acceptors (Lipinski definition) is 10. The molecule has 2 aliphatic rings. The van der Waals surface area contributed by atoms with Gasteiger partial charge in [-0.15, -0.1) is 10.2 Å². The Labute approximate surface area is 180 Å². The Morgan fingerprint density at radius 1 is 1.39 bits per heavy atom. The average Bonchev–Trinajstić information content (AvgIpc) is 3.32. The fourth-order valence-electron chi connectivity index (χ4n) is 3.79. The maximum absolute atomic E-state index is 12.7. The van der Waals surface area contributed by atoms with E-state index in [1.165, 1.54) is 13.2 Å². The quantitative estimate of drug-likeness (QED) is 0.584. The number of carbonyl (C=O) groups is 1. The third-order valence-corrected chi connectivity index (χ3v) is 6.58. The second-order valence-electron chi connectivity index (χ2n) is 7.66. The van der Waals surface area contributed by atoms with Crippen molar-refractivity contribution in [1.82, 2.24) is 20.0 Å². The highest BCUT2D eigenvalue weighted by Crippen LogP contribution is 2.48. The van der Waals surface area contributed by atoms with Gasteiger partial charge in [-0.1, -0.05) is 11.3 Å². The minimum absolute atomic E-state index is 0.0335. The summed E-state index contributed by atoms with van der Waals surface area (Å²) < 4.78 is 17.4. The Morgan fingerprint density at radius 2 is 2.23 bits per heavy atom. The average molecular weight is 444 g/mol. The zero-order valence-corrected chi connectivity index (χ0v) is 17.7. The molecule has 1 atom stereocenters. The standard InChI is InChI=1S/C19H20N6O5S/c1-10-4-6-20-25(10)18-24-23-17(31-18)22-15(26)12-7-11(14(28-2)16(27)30-12)21-13-3-5-19(13)8-29-9-19/h4,6-7,13,21H,3,5,8-9H2,1-2H3,(H,22,23,26). The Morgan fingerprint density at radius 3 is 2.84 bits per heavy atom. The molecule has 1 aliphatic carbocycles. The van der Waals surface area contributed by atoms with Crippen LogP contribution in [0.3, 0.4) is 0 Å². The second kappa shape index (κ2) is 7.46. The van der Waals surface area contributed by atoms with Gasteiger partial charge in [-0.3, -0.25) is 10.1 Å². The zero-order valence-electron chi connectivity index (χ0n) is 16.9. The predicted octanol–water partition coefficient (Wildman–Crippen LogP) is 1.84. The molecule has 1 aliphatic heterocycles. The molecule has 3 aromatic heterocycles. The van der Waals surface area contributed by atoms with E-state index < -0.39 is 11.5 Å². The molecule has 11 nitrogen and oxygen atoms in total. The molecule has 1 saturated heterocycles. The summed E-state index contributed by atoms with van der Waals surface area (Å²) in [5.41, 5.74) is 0.666. The van der Waals surface area contributed by atoms with Gasteiger partial charge in [0.25, 0.3) is 5.91 Å². The molecule has 2 N–H and O–H groups in total. The van der Waals surface area contributed by atoms with Crippen LogP contribution in [0.4, 0.5) is 10.8 Å². The van der Waals surface area contributed by atoms with Crippen LogP contribution < -0.4 is 21.0 Å². The summed E-state index contributed by atoms with van der Waals surface area (Å²) in [4.78, 5) is 25.1. The molecule has 4 heterocycles. The van der Waals surface area contributed by atoms with Crippen molar-refractivity contribution in [3.05, 3.63) is 40.2 Å². The lowest BCUT2D eigenvalue weighted by Crippen LogP contribution is -2.61. The van der Waals surface area contributed by atoms with Crippen molar-refractivity contribution in [3.8, 4) is 10.9 Å². The van der Waals surface area contributed by atoms with Crippen molar-refractivity contribution in [2.45, 2.75) is 25.8 Å². The Bertz CT molecular complexity index is 1190. The summed E-state index contributed by atoms with van der Waals surface area (Å²) in [6.07, 6.45) is 3.67. The van der Waals surface area contributed by atoms with Gasteiger partial charge in [0.2, 0.25) is 16.0 Å². The first-order valence-electron chi connectivity index (χ1n) is 9.71. The molecule has 0 radical (unpaired) electrons. The molecule has 0 aromatic carbocycles. The molecule has 12 heteroatoms. The highest BCUT2D eigenvalue weighted by Gasteiger charge is 2.52. The van der Waals surface area contributed by atoms with Crippen LogP contribution in [0.1, 0.15) is 29.1 Å². The summed E-state index contributed by atoms with van der Waals surface area (Å²) in [6, 6.07) is 3.46. The normalized spacial score (nSPS) is 18.8. The number of aryl methyl sites for hydroxylation is 1. The number of nitrogens with one attached hydrogen (secondary N) is 2. The molecule has 1 saturated carbocycles. The molecule has 0 bridgehead atoms. The van der Waals surface area contributed by atoms with Crippen molar-refractivity contribution in [2.24, 2.45) is 5.41 Å². The van der Waals surface area contributed by atoms with Crippen molar-refractivity contribution >= 4 is 28.1 Å². The molecule has 5 rings (SSSR count). The number of amides is 1. The number of nitrogens with zero attached hydrogens (tertiary/aromatic N) is 4.